The van der Waals surface area contributed by atoms with Gasteiger partial charge < -0.3 is 5.73 Å². The van der Waals surface area contributed by atoms with E-state index in [4.69, 9.17) is 28.9 Å². The standard InChI is InChI=1S/C10H10Cl2N4/c1-6(13)10-5-16(15-14-10)9-3-7(11)2-8(12)4-9/h2-6H,13H2,1H3. The topological polar surface area (TPSA) is 56.7 Å². The molecule has 0 fully saturated rings. The SMILES string of the molecule is CC(N)c1cn(-c2cc(Cl)cc(Cl)c2)nn1. The maximum absolute atomic E-state index is 5.90. The second-order valence-electron chi connectivity index (χ2n) is 3.50. The Bertz CT molecular complexity index is 487. The molecule has 2 N–H and O–H groups in total. The molecule has 0 spiro atoms. The molecule has 1 unspecified atom stereocenters. The van der Waals surface area contributed by atoms with Gasteiger partial charge in [0.1, 0.15) is 0 Å². The van der Waals surface area contributed by atoms with Gasteiger partial charge in [-0.25, -0.2) is 4.68 Å². The molecule has 1 aromatic heterocycles. The van der Waals surface area contributed by atoms with Crippen LogP contribution in [0.2, 0.25) is 10.0 Å². The van der Waals surface area contributed by atoms with E-state index in [9.17, 15) is 0 Å². The van der Waals surface area contributed by atoms with Crippen molar-refractivity contribution in [2.24, 2.45) is 5.73 Å². The van der Waals surface area contributed by atoms with Gasteiger partial charge in [-0.15, -0.1) is 5.10 Å². The van der Waals surface area contributed by atoms with E-state index < -0.39 is 0 Å². The zero-order valence-electron chi connectivity index (χ0n) is 8.56. The summed E-state index contributed by atoms with van der Waals surface area (Å²) in [5, 5.41) is 9.02. The lowest BCUT2D eigenvalue weighted by Crippen LogP contribution is -2.04. The number of hydrogen-bond donors (Lipinski definition) is 1. The van der Waals surface area contributed by atoms with Crippen LogP contribution in [0.1, 0.15) is 18.7 Å². The molecular formula is C10H10Cl2N4. The minimum absolute atomic E-state index is 0.150. The third-order valence-corrected chi connectivity index (χ3v) is 2.53. The molecule has 0 aliphatic carbocycles. The molecule has 6 heteroatoms. The summed E-state index contributed by atoms with van der Waals surface area (Å²) in [5.41, 5.74) is 7.18. The zero-order valence-corrected chi connectivity index (χ0v) is 10.1. The average Bonchev–Trinajstić information content (AvgIpc) is 2.64. The van der Waals surface area contributed by atoms with Gasteiger partial charge in [-0.3, -0.25) is 0 Å². The monoisotopic (exact) mass is 256 g/mol. The number of halogens is 2. The Labute approximate surface area is 103 Å². The molecule has 1 atom stereocenters. The number of rotatable bonds is 2. The van der Waals surface area contributed by atoms with Gasteiger partial charge in [0, 0.05) is 16.1 Å². The predicted octanol–water partition coefficient (Wildman–Crippen LogP) is 2.59. The van der Waals surface area contributed by atoms with Crippen LogP contribution in [0.3, 0.4) is 0 Å². The molecule has 2 aromatic rings. The summed E-state index contributed by atoms with van der Waals surface area (Å²) in [6.07, 6.45) is 1.76. The van der Waals surface area contributed by atoms with Crippen molar-refractivity contribution in [2.45, 2.75) is 13.0 Å². The van der Waals surface area contributed by atoms with Crippen molar-refractivity contribution in [3.63, 3.8) is 0 Å². The van der Waals surface area contributed by atoms with E-state index in [1.165, 1.54) is 0 Å². The maximum Gasteiger partial charge on any atom is 0.0995 e. The molecule has 0 aliphatic heterocycles. The first-order valence-corrected chi connectivity index (χ1v) is 5.46. The van der Waals surface area contributed by atoms with Gasteiger partial charge in [0.05, 0.1) is 17.6 Å². The van der Waals surface area contributed by atoms with E-state index in [-0.39, 0.29) is 6.04 Å². The highest BCUT2D eigenvalue weighted by molar-refractivity contribution is 6.34. The maximum atomic E-state index is 5.90. The summed E-state index contributed by atoms with van der Waals surface area (Å²) in [7, 11) is 0. The van der Waals surface area contributed by atoms with E-state index in [1.54, 1.807) is 29.1 Å². The molecule has 1 heterocycles. The van der Waals surface area contributed by atoms with Crippen LogP contribution < -0.4 is 5.73 Å². The Morgan fingerprint density at radius 2 is 1.88 bits per heavy atom. The highest BCUT2D eigenvalue weighted by Gasteiger charge is 2.07. The molecule has 0 saturated carbocycles. The normalized spacial score (nSPS) is 12.8. The molecule has 16 heavy (non-hydrogen) atoms. The van der Waals surface area contributed by atoms with Crippen LogP contribution in [0.25, 0.3) is 5.69 Å². The first-order valence-electron chi connectivity index (χ1n) is 4.70. The quantitative estimate of drug-likeness (QED) is 0.899. The molecule has 4 nitrogen and oxygen atoms in total. The summed E-state index contributed by atoms with van der Waals surface area (Å²) >= 11 is 11.8. The summed E-state index contributed by atoms with van der Waals surface area (Å²) in [6, 6.07) is 5.03. The summed E-state index contributed by atoms with van der Waals surface area (Å²) in [4.78, 5) is 0. The lowest BCUT2D eigenvalue weighted by atomic mass is 10.3. The first kappa shape index (κ1) is 11.4. The van der Waals surface area contributed by atoms with Gasteiger partial charge in [-0.1, -0.05) is 28.4 Å². The first-order chi connectivity index (χ1) is 7.56. The van der Waals surface area contributed by atoms with Crippen LogP contribution in [-0.4, -0.2) is 15.0 Å². The number of benzene rings is 1. The van der Waals surface area contributed by atoms with Crippen molar-refractivity contribution in [1.29, 1.82) is 0 Å². The minimum atomic E-state index is -0.150. The van der Waals surface area contributed by atoms with Crippen molar-refractivity contribution in [3.8, 4) is 5.69 Å². The lowest BCUT2D eigenvalue weighted by Gasteiger charge is -2.01. The van der Waals surface area contributed by atoms with Crippen LogP contribution in [0, 0.1) is 0 Å². The van der Waals surface area contributed by atoms with Crippen LogP contribution in [0.4, 0.5) is 0 Å². The summed E-state index contributed by atoms with van der Waals surface area (Å²) < 4.78 is 1.59. The number of nitrogens with two attached hydrogens (primary N) is 1. The van der Waals surface area contributed by atoms with Gasteiger partial charge in [-0.05, 0) is 25.1 Å². The van der Waals surface area contributed by atoms with Gasteiger partial charge in [0.2, 0.25) is 0 Å². The van der Waals surface area contributed by atoms with Crippen LogP contribution in [0.15, 0.2) is 24.4 Å². The Balaban J connectivity index is 2.42. The smallest absolute Gasteiger partial charge is 0.0995 e. The molecule has 0 amide bonds. The third-order valence-electron chi connectivity index (χ3n) is 2.09. The number of hydrogen-bond acceptors (Lipinski definition) is 3. The van der Waals surface area contributed by atoms with Gasteiger partial charge in [-0.2, -0.15) is 0 Å². The van der Waals surface area contributed by atoms with Crippen LogP contribution in [-0.2, 0) is 0 Å². The Morgan fingerprint density at radius 3 is 2.38 bits per heavy atom. The number of aromatic nitrogens is 3. The lowest BCUT2D eigenvalue weighted by molar-refractivity contribution is 0.756. The van der Waals surface area contributed by atoms with Gasteiger partial charge >= 0.3 is 0 Å². The molecule has 0 saturated heterocycles. The predicted molar refractivity (Wildman–Crippen MR) is 64.0 cm³/mol. The summed E-state index contributed by atoms with van der Waals surface area (Å²) in [5.74, 6) is 0. The van der Waals surface area contributed by atoms with E-state index in [2.05, 4.69) is 10.3 Å². The third kappa shape index (κ3) is 2.35. The van der Waals surface area contributed by atoms with E-state index in [0.717, 1.165) is 11.4 Å². The number of nitrogens with zero attached hydrogens (tertiary/aromatic N) is 3. The van der Waals surface area contributed by atoms with Crippen LogP contribution >= 0.6 is 23.2 Å². The Morgan fingerprint density at radius 1 is 1.25 bits per heavy atom. The van der Waals surface area contributed by atoms with Crippen molar-refractivity contribution >= 4 is 23.2 Å². The fraction of sp³-hybridized carbons (Fsp3) is 0.200. The molecular weight excluding hydrogens is 247 g/mol. The second kappa shape index (κ2) is 4.41. The Hall–Kier alpha value is -1.10. The molecule has 1 aromatic carbocycles. The molecule has 2 rings (SSSR count). The minimum Gasteiger partial charge on any atom is -0.323 e. The fourth-order valence-electron chi connectivity index (χ4n) is 1.28. The van der Waals surface area contributed by atoms with E-state index in [1.807, 2.05) is 6.92 Å². The second-order valence-corrected chi connectivity index (χ2v) is 4.38. The van der Waals surface area contributed by atoms with Crippen molar-refractivity contribution in [1.82, 2.24) is 15.0 Å². The average molecular weight is 257 g/mol. The summed E-state index contributed by atoms with van der Waals surface area (Å²) in [6.45, 7) is 1.85. The van der Waals surface area contributed by atoms with Crippen LogP contribution in [0.5, 0.6) is 0 Å². The highest BCUT2D eigenvalue weighted by Crippen LogP contribution is 2.21. The zero-order chi connectivity index (χ0) is 11.7. The molecule has 84 valence electrons. The molecule has 0 radical (unpaired) electrons. The molecule has 0 bridgehead atoms. The van der Waals surface area contributed by atoms with E-state index >= 15 is 0 Å². The fourth-order valence-corrected chi connectivity index (χ4v) is 1.80. The van der Waals surface area contributed by atoms with Crippen molar-refractivity contribution < 1.29 is 0 Å². The molecule has 0 aliphatic rings. The van der Waals surface area contributed by atoms with Crippen molar-refractivity contribution in [3.05, 3.63) is 40.1 Å². The van der Waals surface area contributed by atoms with Crippen molar-refractivity contribution in [2.75, 3.05) is 0 Å². The largest absolute Gasteiger partial charge is 0.323 e. The van der Waals surface area contributed by atoms with Gasteiger partial charge in [0.15, 0.2) is 0 Å². The Kier molecular flexibility index (Phi) is 3.14. The highest BCUT2D eigenvalue weighted by atomic mass is 35.5. The van der Waals surface area contributed by atoms with E-state index in [0.29, 0.717) is 10.0 Å². The van der Waals surface area contributed by atoms with Gasteiger partial charge in [0.25, 0.3) is 0 Å².